The topological polar surface area (TPSA) is 9.23 Å². The predicted octanol–water partition coefficient (Wildman–Crippen LogP) is 4.29. The molecule has 0 spiro atoms. The molecule has 0 bridgehead atoms. The molecule has 0 aliphatic carbocycles. The van der Waals surface area contributed by atoms with E-state index < -0.39 is 0 Å². The van der Waals surface area contributed by atoms with Crippen molar-refractivity contribution in [1.29, 1.82) is 0 Å². The summed E-state index contributed by atoms with van der Waals surface area (Å²) in [7, 11) is 0. The molecule has 0 aliphatic heterocycles. The van der Waals surface area contributed by atoms with Crippen LogP contribution in [-0.2, 0) is 0 Å². The van der Waals surface area contributed by atoms with E-state index in [1.165, 1.54) is 11.1 Å². The molecule has 0 saturated heterocycles. The number of allylic oxidation sites excluding steroid dienone is 1. The van der Waals surface area contributed by atoms with E-state index in [0.717, 1.165) is 5.75 Å². The van der Waals surface area contributed by atoms with Crippen LogP contribution in [0.15, 0.2) is 30.4 Å². The average molecular weight is 239 g/mol. The lowest BCUT2D eigenvalue weighted by atomic mass is 10.0. The lowest BCUT2D eigenvalue weighted by Gasteiger charge is -2.13. The summed E-state index contributed by atoms with van der Waals surface area (Å²) >= 11 is 5.55. The molecule has 16 heavy (non-hydrogen) atoms. The second kappa shape index (κ2) is 6.59. The van der Waals surface area contributed by atoms with Gasteiger partial charge in [-0.05, 0) is 30.0 Å². The molecule has 1 rings (SSSR count). The summed E-state index contributed by atoms with van der Waals surface area (Å²) in [4.78, 5) is 0. The highest BCUT2D eigenvalue weighted by atomic mass is 35.5. The molecule has 0 radical (unpaired) electrons. The minimum atomic E-state index is 0.479. The van der Waals surface area contributed by atoms with Crippen LogP contribution in [-0.4, -0.2) is 12.5 Å². The van der Waals surface area contributed by atoms with Crippen molar-refractivity contribution in [3.05, 3.63) is 41.5 Å². The number of ether oxygens (including phenoxy) is 1. The van der Waals surface area contributed by atoms with Gasteiger partial charge in [0.1, 0.15) is 12.4 Å². The third kappa shape index (κ3) is 3.90. The van der Waals surface area contributed by atoms with E-state index in [1.807, 2.05) is 12.2 Å². The fourth-order valence-corrected chi connectivity index (χ4v) is 1.64. The van der Waals surface area contributed by atoms with Gasteiger partial charge in [-0.1, -0.05) is 38.1 Å². The van der Waals surface area contributed by atoms with Crippen LogP contribution in [0, 0.1) is 6.92 Å². The second-order valence-corrected chi connectivity index (χ2v) is 4.44. The van der Waals surface area contributed by atoms with Crippen molar-refractivity contribution in [1.82, 2.24) is 0 Å². The Morgan fingerprint density at radius 3 is 2.69 bits per heavy atom. The summed E-state index contributed by atoms with van der Waals surface area (Å²) in [5.74, 6) is 2.00. The zero-order valence-electron chi connectivity index (χ0n) is 10.2. The Morgan fingerprint density at radius 1 is 1.31 bits per heavy atom. The van der Waals surface area contributed by atoms with Crippen LogP contribution in [0.4, 0.5) is 0 Å². The molecule has 1 nitrogen and oxygen atoms in total. The maximum absolute atomic E-state index is 5.74. The van der Waals surface area contributed by atoms with Gasteiger partial charge in [0, 0.05) is 5.88 Å². The molecule has 0 aliphatic rings. The summed E-state index contributed by atoms with van der Waals surface area (Å²) in [6, 6.07) is 6.35. The SMILES string of the molecule is Cc1ccc(C(C)C)c(OCC=CCCl)c1. The first-order valence-corrected chi connectivity index (χ1v) is 6.13. The Hall–Kier alpha value is -0.950. The Labute approximate surface area is 103 Å². The van der Waals surface area contributed by atoms with Crippen LogP contribution in [0.1, 0.15) is 30.9 Å². The number of rotatable bonds is 5. The molecule has 0 fully saturated rings. The van der Waals surface area contributed by atoms with Gasteiger partial charge >= 0.3 is 0 Å². The van der Waals surface area contributed by atoms with Crippen molar-refractivity contribution in [2.45, 2.75) is 26.7 Å². The summed E-state index contributed by atoms with van der Waals surface area (Å²) < 4.78 is 5.74. The van der Waals surface area contributed by atoms with E-state index >= 15 is 0 Å². The maximum atomic E-state index is 5.74. The van der Waals surface area contributed by atoms with Crippen molar-refractivity contribution >= 4 is 11.6 Å². The van der Waals surface area contributed by atoms with Crippen LogP contribution in [0.25, 0.3) is 0 Å². The third-order valence-electron chi connectivity index (χ3n) is 2.38. The predicted molar refractivity (Wildman–Crippen MR) is 70.6 cm³/mol. The molecule has 0 atom stereocenters. The lowest BCUT2D eigenvalue weighted by Crippen LogP contribution is -1.99. The number of aryl methyl sites for hydroxylation is 1. The number of hydrogen-bond acceptors (Lipinski definition) is 1. The normalized spacial score (nSPS) is 11.3. The van der Waals surface area contributed by atoms with Gasteiger partial charge in [-0.2, -0.15) is 0 Å². The van der Waals surface area contributed by atoms with E-state index in [4.69, 9.17) is 16.3 Å². The molecular weight excluding hydrogens is 220 g/mol. The van der Waals surface area contributed by atoms with E-state index in [1.54, 1.807) is 0 Å². The fraction of sp³-hybridized carbons (Fsp3) is 0.429. The van der Waals surface area contributed by atoms with Gasteiger partial charge in [0.25, 0.3) is 0 Å². The second-order valence-electron chi connectivity index (χ2n) is 4.13. The van der Waals surface area contributed by atoms with Gasteiger partial charge in [0.2, 0.25) is 0 Å². The summed E-state index contributed by atoms with van der Waals surface area (Å²) in [5, 5.41) is 0. The van der Waals surface area contributed by atoms with Crippen LogP contribution in [0.2, 0.25) is 0 Å². The minimum absolute atomic E-state index is 0.479. The van der Waals surface area contributed by atoms with Crippen molar-refractivity contribution in [3.63, 3.8) is 0 Å². The summed E-state index contributed by atoms with van der Waals surface area (Å²) in [6.07, 6.45) is 3.84. The highest BCUT2D eigenvalue weighted by Gasteiger charge is 2.07. The van der Waals surface area contributed by atoms with Gasteiger partial charge in [-0.3, -0.25) is 0 Å². The van der Waals surface area contributed by atoms with Gasteiger partial charge in [-0.25, -0.2) is 0 Å². The fourth-order valence-electron chi connectivity index (χ4n) is 1.51. The monoisotopic (exact) mass is 238 g/mol. The molecule has 0 amide bonds. The highest BCUT2D eigenvalue weighted by molar-refractivity contribution is 6.18. The lowest BCUT2D eigenvalue weighted by molar-refractivity contribution is 0.357. The standard InChI is InChI=1S/C14H19ClO/c1-11(2)13-7-6-12(3)10-14(13)16-9-5-4-8-15/h4-7,10-11H,8-9H2,1-3H3. The van der Waals surface area contributed by atoms with E-state index in [-0.39, 0.29) is 0 Å². The first kappa shape index (κ1) is 13.1. The Kier molecular flexibility index (Phi) is 5.41. The molecule has 0 N–H and O–H groups in total. The van der Waals surface area contributed by atoms with Crippen molar-refractivity contribution in [3.8, 4) is 5.75 Å². The first-order chi connectivity index (χ1) is 7.65. The molecule has 88 valence electrons. The molecule has 1 aromatic carbocycles. The minimum Gasteiger partial charge on any atom is -0.489 e. The first-order valence-electron chi connectivity index (χ1n) is 5.59. The van der Waals surface area contributed by atoms with Crippen molar-refractivity contribution in [2.24, 2.45) is 0 Å². The Morgan fingerprint density at radius 2 is 2.06 bits per heavy atom. The number of halogens is 1. The number of alkyl halides is 1. The Balaban J connectivity index is 2.76. The smallest absolute Gasteiger partial charge is 0.123 e. The zero-order chi connectivity index (χ0) is 12.0. The van der Waals surface area contributed by atoms with Crippen LogP contribution < -0.4 is 4.74 Å². The Bertz CT molecular complexity index is 356. The molecule has 1 aromatic rings. The summed E-state index contributed by atoms with van der Waals surface area (Å²) in [5.41, 5.74) is 2.48. The van der Waals surface area contributed by atoms with Gasteiger partial charge in [0.05, 0.1) is 0 Å². The van der Waals surface area contributed by atoms with Crippen molar-refractivity contribution < 1.29 is 4.74 Å². The van der Waals surface area contributed by atoms with E-state index in [9.17, 15) is 0 Å². The summed E-state index contributed by atoms with van der Waals surface area (Å²) in [6.45, 7) is 7.00. The molecule has 0 saturated carbocycles. The van der Waals surface area contributed by atoms with Gasteiger partial charge in [0.15, 0.2) is 0 Å². The largest absolute Gasteiger partial charge is 0.489 e. The third-order valence-corrected chi connectivity index (χ3v) is 2.56. The quantitative estimate of drug-likeness (QED) is 0.549. The van der Waals surface area contributed by atoms with E-state index in [2.05, 4.69) is 39.0 Å². The number of benzene rings is 1. The van der Waals surface area contributed by atoms with E-state index in [0.29, 0.717) is 18.4 Å². The highest BCUT2D eigenvalue weighted by Crippen LogP contribution is 2.27. The average Bonchev–Trinajstić information content (AvgIpc) is 2.24. The molecule has 0 aromatic heterocycles. The number of hydrogen-bond donors (Lipinski definition) is 0. The molecule has 0 heterocycles. The van der Waals surface area contributed by atoms with Crippen LogP contribution >= 0.6 is 11.6 Å². The molecule has 0 unspecified atom stereocenters. The zero-order valence-corrected chi connectivity index (χ0v) is 10.9. The van der Waals surface area contributed by atoms with Crippen LogP contribution in [0.3, 0.4) is 0 Å². The van der Waals surface area contributed by atoms with Crippen LogP contribution in [0.5, 0.6) is 5.75 Å². The van der Waals surface area contributed by atoms with Gasteiger partial charge < -0.3 is 4.74 Å². The molecule has 2 heteroatoms. The van der Waals surface area contributed by atoms with Crippen molar-refractivity contribution in [2.75, 3.05) is 12.5 Å². The molecular formula is C14H19ClO. The van der Waals surface area contributed by atoms with Gasteiger partial charge in [-0.15, -0.1) is 11.6 Å². The maximum Gasteiger partial charge on any atom is 0.123 e.